The molecule has 1 aliphatic rings. The molecular weight excluding hydrogens is 265 g/mol. The number of fused-ring (bicyclic) bond motifs is 1. The van der Waals surface area contributed by atoms with Crippen molar-refractivity contribution in [3.63, 3.8) is 0 Å². The SMILES string of the molecule is Fc1ccc(-c2ccc3ncnc(NC4CC4)c3c2)cc1. The summed E-state index contributed by atoms with van der Waals surface area (Å²) in [5.41, 5.74) is 2.94. The van der Waals surface area contributed by atoms with Crippen molar-refractivity contribution in [1.82, 2.24) is 9.97 Å². The third-order valence-corrected chi connectivity index (χ3v) is 3.73. The number of hydrogen-bond donors (Lipinski definition) is 1. The Morgan fingerprint density at radius 2 is 1.71 bits per heavy atom. The van der Waals surface area contributed by atoms with Crippen molar-refractivity contribution >= 4 is 16.7 Å². The van der Waals surface area contributed by atoms with Crippen LogP contribution in [0.1, 0.15) is 12.8 Å². The Labute approximate surface area is 121 Å². The average Bonchev–Trinajstić information content (AvgIpc) is 3.32. The van der Waals surface area contributed by atoms with Gasteiger partial charge in [0.2, 0.25) is 0 Å². The monoisotopic (exact) mass is 279 g/mol. The molecule has 2 aromatic carbocycles. The first kappa shape index (κ1) is 12.3. The summed E-state index contributed by atoms with van der Waals surface area (Å²) in [6.07, 6.45) is 3.98. The van der Waals surface area contributed by atoms with Gasteiger partial charge >= 0.3 is 0 Å². The highest BCUT2D eigenvalue weighted by molar-refractivity contribution is 5.92. The molecule has 1 aliphatic carbocycles. The molecule has 0 spiro atoms. The van der Waals surface area contributed by atoms with Crippen LogP contribution in [0.3, 0.4) is 0 Å². The zero-order valence-corrected chi connectivity index (χ0v) is 11.4. The Kier molecular flexibility index (Phi) is 2.81. The van der Waals surface area contributed by atoms with Crippen LogP contribution in [0.5, 0.6) is 0 Å². The van der Waals surface area contributed by atoms with Gasteiger partial charge in [0.25, 0.3) is 0 Å². The maximum absolute atomic E-state index is 13.0. The molecule has 0 bridgehead atoms. The third kappa shape index (κ3) is 2.44. The molecule has 0 aliphatic heterocycles. The Morgan fingerprint density at radius 1 is 0.952 bits per heavy atom. The molecule has 0 atom stereocenters. The van der Waals surface area contributed by atoms with Gasteiger partial charge in [0, 0.05) is 11.4 Å². The summed E-state index contributed by atoms with van der Waals surface area (Å²) >= 11 is 0. The topological polar surface area (TPSA) is 37.8 Å². The number of anilines is 1. The van der Waals surface area contributed by atoms with E-state index < -0.39 is 0 Å². The molecular formula is C17H14FN3. The number of aromatic nitrogens is 2. The first-order valence-electron chi connectivity index (χ1n) is 7.07. The zero-order chi connectivity index (χ0) is 14.2. The number of halogens is 1. The van der Waals surface area contributed by atoms with E-state index in [0.29, 0.717) is 6.04 Å². The largest absolute Gasteiger partial charge is 0.367 e. The van der Waals surface area contributed by atoms with E-state index >= 15 is 0 Å². The minimum Gasteiger partial charge on any atom is -0.367 e. The van der Waals surface area contributed by atoms with Crippen LogP contribution in [0.15, 0.2) is 48.8 Å². The summed E-state index contributed by atoms with van der Waals surface area (Å²) in [5, 5.41) is 4.44. The maximum atomic E-state index is 13.0. The van der Waals surface area contributed by atoms with Crippen LogP contribution in [-0.2, 0) is 0 Å². The lowest BCUT2D eigenvalue weighted by molar-refractivity contribution is 0.628. The van der Waals surface area contributed by atoms with Gasteiger partial charge in [-0.15, -0.1) is 0 Å². The van der Waals surface area contributed by atoms with Gasteiger partial charge in [-0.1, -0.05) is 18.2 Å². The van der Waals surface area contributed by atoms with E-state index in [9.17, 15) is 4.39 Å². The normalized spacial score (nSPS) is 14.3. The lowest BCUT2D eigenvalue weighted by atomic mass is 10.0. The standard InChI is InChI=1S/C17H14FN3/c18-13-4-1-11(2-5-13)12-3-8-16-15(9-12)17(20-10-19-16)21-14-6-7-14/h1-5,8-10,14H,6-7H2,(H,19,20,21). The average molecular weight is 279 g/mol. The molecule has 1 heterocycles. The Balaban J connectivity index is 1.81. The predicted molar refractivity (Wildman–Crippen MR) is 81.6 cm³/mol. The fraction of sp³-hybridized carbons (Fsp3) is 0.176. The molecule has 21 heavy (non-hydrogen) atoms. The van der Waals surface area contributed by atoms with E-state index in [2.05, 4.69) is 21.4 Å². The molecule has 1 N–H and O–H groups in total. The molecule has 3 aromatic rings. The lowest BCUT2D eigenvalue weighted by Gasteiger charge is -2.09. The van der Waals surface area contributed by atoms with Crippen LogP contribution in [0, 0.1) is 5.82 Å². The molecule has 4 rings (SSSR count). The number of hydrogen-bond acceptors (Lipinski definition) is 3. The van der Waals surface area contributed by atoms with Gasteiger partial charge in [-0.3, -0.25) is 0 Å². The summed E-state index contributed by atoms with van der Waals surface area (Å²) in [6.45, 7) is 0. The maximum Gasteiger partial charge on any atom is 0.137 e. The molecule has 1 saturated carbocycles. The van der Waals surface area contributed by atoms with Crippen LogP contribution >= 0.6 is 0 Å². The molecule has 4 heteroatoms. The van der Waals surface area contributed by atoms with Crippen LogP contribution in [-0.4, -0.2) is 16.0 Å². The highest BCUT2D eigenvalue weighted by Gasteiger charge is 2.22. The number of benzene rings is 2. The van der Waals surface area contributed by atoms with Crippen molar-refractivity contribution in [3.05, 3.63) is 54.6 Å². The van der Waals surface area contributed by atoms with E-state index in [1.165, 1.54) is 25.0 Å². The second-order valence-electron chi connectivity index (χ2n) is 5.38. The van der Waals surface area contributed by atoms with Gasteiger partial charge in [-0.05, 0) is 48.2 Å². The predicted octanol–water partition coefficient (Wildman–Crippen LogP) is 4.01. The van der Waals surface area contributed by atoms with Gasteiger partial charge in [0.15, 0.2) is 0 Å². The van der Waals surface area contributed by atoms with E-state index in [4.69, 9.17) is 0 Å². The summed E-state index contributed by atoms with van der Waals surface area (Å²) in [6, 6.07) is 13.1. The molecule has 1 aromatic heterocycles. The highest BCUT2D eigenvalue weighted by Crippen LogP contribution is 2.30. The molecule has 0 amide bonds. The van der Waals surface area contributed by atoms with Crippen LogP contribution < -0.4 is 5.32 Å². The molecule has 0 saturated heterocycles. The van der Waals surface area contributed by atoms with Crippen LogP contribution in [0.4, 0.5) is 10.2 Å². The summed E-state index contributed by atoms with van der Waals surface area (Å²) in [4.78, 5) is 8.66. The van der Waals surface area contributed by atoms with Crippen molar-refractivity contribution in [1.29, 1.82) is 0 Å². The molecule has 1 fully saturated rings. The zero-order valence-electron chi connectivity index (χ0n) is 11.4. The Bertz CT molecular complexity index is 795. The minimum atomic E-state index is -0.223. The fourth-order valence-corrected chi connectivity index (χ4v) is 2.41. The fourth-order valence-electron chi connectivity index (χ4n) is 2.41. The molecule has 3 nitrogen and oxygen atoms in total. The highest BCUT2D eigenvalue weighted by atomic mass is 19.1. The van der Waals surface area contributed by atoms with Gasteiger partial charge in [0.1, 0.15) is 18.0 Å². The summed E-state index contributed by atoms with van der Waals surface area (Å²) in [7, 11) is 0. The number of rotatable bonds is 3. The minimum absolute atomic E-state index is 0.223. The smallest absolute Gasteiger partial charge is 0.137 e. The third-order valence-electron chi connectivity index (χ3n) is 3.73. The summed E-state index contributed by atoms with van der Waals surface area (Å²) in [5.74, 6) is 0.658. The van der Waals surface area contributed by atoms with Gasteiger partial charge in [-0.2, -0.15) is 0 Å². The van der Waals surface area contributed by atoms with Crippen molar-refractivity contribution < 1.29 is 4.39 Å². The van der Waals surface area contributed by atoms with Gasteiger partial charge < -0.3 is 5.32 Å². The first-order chi connectivity index (χ1) is 10.3. The van der Waals surface area contributed by atoms with Crippen LogP contribution in [0.25, 0.3) is 22.0 Å². The molecule has 104 valence electrons. The summed E-state index contributed by atoms with van der Waals surface area (Å²) < 4.78 is 13.0. The van der Waals surface area contributed by atoms with Crippen molar-refractivity contribution in [2.45, 2.75) is 18.9 Å². The van der Waals surface area contributed by atoms with E-state index in [-0.39, 0.29) is 5.82 Å². The lowest BCUT2D eigenvalue weighted by Crippen LogP contribution is -2.04. The van der Waals surface area contributed by atoms with Crippen molar-refractivity contribution in [3.8, 4) is 11.1 Å². The quantitative estimate of drug-likeness (QED) is 0.787. The van der Waals surface area contributed by atoms with E-state index in [1.807, 2.05) is 12.1 Å². The van der Waals surface area contributed by atoms with Crippen LogP contribution in [0.2, 0.25) is 0 Å². The van der Waals surface area contributed by atoms with Gasteiger partial charge in [-0.25, -0.2) is 14.4 Å². The Morgan fingerprint density at radius 3 is 2.48 bits per heavy atom. The number of nitrogens with one attached hydrogen (secondary N) is 1. The van der Waals surface area contributed by atoms with E-state index in [1.54, 1.807) is 18.5 Å². The first-order valence-corrected chi connectivity index (χ1v) is 7.07. The Hall–Kier alpha value is -2.49. The van der Waals surface area contributed by atoms with Gasteiger partial charge in [0.05, 0.1) is 5.52 Å². The second kappa shape index (κ2) is 4.81. The second-order valence-corrected chi connectivity index (χ2v) is 5.38. The van der Waals surface area contributed by atoms with Crippen molar-refractivity contribution in [2.75, 3.05) is 5.32 Å². The molecule has 0 radical (unpaired) electrons. The number of nitrogens with zero attached hydrogens (tertiary/aromatic N) is 2. The van der Waals surface area contributed by atoms with Crippen molar-refractivity contribution in [2.24, 2.45) is 0 Å². The molecule has 0 unspecified atom stereocenters. The van der Waals surface area contributed by atoms with E-state index in [0.717, 1.165) is 27.8 Å².